The second kappa shape index (κ2) is 26.7. The first-order chi connectivity index (χ1) is 36.0. The van der Waals surface area contributed by atoms with E-state index >= 15 is 0 Å². The molecule has 0 aliphatic carbocycles. The van der Waals surface area contributed by atoms with Crippen LogP contribution in [-0.2, 0) is 51.0 Å². The predicted molar refractivity (Wildman–Crippen MR) is 269 cm³/mol. The zero-order chi connectivity index (χ0) is 55.7. The number of aliphatic carboxylic acids is 4. The molecule has 0 radical (unpaired) electrons. The van der Waals surface area contributed by atoms with Gasteiger partial charge in [-0.25, -0.2) is 22.0 Å². The van der Waals surface area contributed by atoms with Crippen LogP contribution in [0.2, 0.25) is 0 Å². The summed E-state index contributed by atoms with van der Waals surface area (Å²) in [5.41, 5.74) is 7.12. The molecule has 0 aliphatic rings. The molecule has 8 aromatic carbocycles. The number of aryl methyl sites for hydroxylation is 1. The van der Waals surface area contributed by atoms with E-state index < -0.39 is 65.3 Å². The van der Waals surface area contributed by atoms with Crippen LogP contribution in [0.15, 0.2) is 170 Å². The number of carboxylic acid groups (broad SMARTS) is 4. The van der Waals surface area contributed by atoms with Gasteiger partial charge < -0.3 is 25.2 Å². The molecule has 76 heavy (non-hydrogen) atoms. The van der Waals surface area contributed by atoms with Crippen molar-refractivity contribution in [1.29, 1.82) is 0 Å². The summed E-state index contributed by atoms with van der Waals surface area (Å²) in [6.07, 6.45) is -5.51. The number of hydrogen-bond donors (Lipinski definition) is 4. The molecule has 0 unspecified atom stereocenters. The van der Waals surface area contributed by atoms with Gasteiger partial charge in [-0.15, -0.1) is 0 Å². The van der Waals surface area contributed by atoms with Gasteiger partial charge in [0.1, 0.15) is 34.8 Å². The largest absolute Gasteiger partial charge is 0.497 e. The van der Waals surface area contributed by atoms with Gasteiger partial charge in [-0.1, -0.05) is 90.5 Å². The van der Waals surface area contributed by atoms with Gasteiger partial charge in [0.2, 0.25) is 0 Å². The highest BCUT2D eigenvalue weighted by Gasteiger charge is 2.30. The third-order valence-corrected chi connectivity index (χ3v) is 11.1. The molecule has 0 bridgehead atoms. The lowest BCUT2D eigenvalue weighted by Gasteiger charge is -2.11. The van der Waals surface area contributed by atoms with Crippen molar-refractivity contribution in [2.45, 2.75) is 38.8 Å². The van der Waals surface area contributed by atoms with Crippen LogP contribution in [-0.4, -0.2) is 51.4 Å². The normalized spacial score (nSPS) is 10.6. The molecule has 0 amide bonds. The van der Waals surface area contributed by atoms with Gasteiger partial charge in [0, 0.05) is 0 Å². The highest BCUT2D eigenvalue weighted by Crippen LogP contribution is 2.33. The Hall–Kier alpha value is -9.12. The zero-order valence-electron chi connectivity index (χ0n) is 40.3. The highest BCUT2D eigenvalue weighted by molar-refractivity contribution is 5.79. The number of hydrogen-bond acceptors (Lipinski definition) is 5. The fraction of sp³-hybridized carbons (Fsp3) is 0.119. The van der Waals surface area contributed by atoms with Crippen LogP contribution in [0.3, 0.4) is 0 Å². The molecule has 392 valence electrons. The predicted octanol–water partition coefficient (Wildman–Crippen LogP) is 14.0. The number of alkyl halides is 3. The number of methoxy groups -OCH3 is 1. The molecule has 8 aromatic rings. The summed E-state index contributed by atoms with van der Waals surface area (Å²) in [6, 6.07) is 40.8. The van der Waals surface area contributed by atoms with Gasteiger partial charge >= 0.3 is 30.1 Å². The van der Waals surface area contributed by atoms with E-state index in [1.54, 1.807) is 31.4 Å². The van der Waals surface area contributed by atoms with Gasteiger partial charge in [-0.05, 0) is 159 Å². The maximum Gasteiger partial charge on any atom is 0.416 e. The van der Waals surface area contributed by atoms with Crippen molar-refractivity contribution >= 4 is 23.9 Å². The Morgan fingerprint density at radius 1 is 0.382 bits per heavy atom. The van der Waals surface area contributed by atoms with Crippen LogP contribution in [0.5, 0.6) is 5.75 Å². The van der Waals surface area contributed by atoms with Crippen molar-refractivity contribution in [1.82, 2.24) is 0 Å². The molecule has 9 nitrogen and oxygen atoms in total. The fourth-order valence-corrected chi connectivity index (χ4v) is 7.58. The first kappa shape index (κ1) is 57.8. The molecule has 0 heterocycles. The first-order valence-electron chi connectivity index (χ1n) is 22.7. The average Bonchev–Trinajstić information content (AvgIpc) is 3.35. The number of rotatable bonds is 13. The van der Waals surface area contributed by atoms with E-state index in [2.05, 4.69) is 0 Å². The van der Waals surface area contributed by atoms with Gasteiger partial charge in [0.25, 0.3) is 0 Å². The van der Waals surface area contributed by atoms with E-state index in [9.17, 15) is 54.3 Å². The number of carbonyl (C=O) groups is 4. The summed E-state index contributed by atoms with van der Waals surface area (Å²) >= 11 is 0. The standard InChI is InChI=1S/C15H10F4O2.C15H13FO3.C15H13FO2.C14H10F2O2/c16-12-5-6-13(10(7-12)8-14(20)21)9-1-3-11(4-2-9)15(17,18)19;1-19-13-5-2-10(3-6-13)14-7-4-12(16)8-11(14)9-15(17)18;1-10-2-4-11(5-3-10)14-7-6-13(16)8-12(14)9-15(17)18;15-11-3-1-9(2-4-11)13-6-5-12(16)7-10(13)8-14(17)18/h1-7H,8H2,(H,20,21);2-8H,9H2,1H3,(H,17,18);2-8H,9H2,1H3,(H,17,18);1-7H,8H2,(H,17,18). The van der Waals surface area contributed by atoms with Crippen molar-refractivity contribution in [3.63, 3.8) is 0 Å². The van der Waals surface area contributed by atoms with E-state index in [1.807, 2.05) is 43.3 Å². The van der Waals surface area contributed by atoms with Crippen LogP contribution in [0.1, 0.15) is 33.4 Å². The van der Waals surface area contributed by atoms with E-state index in [-0.39, 0.29) is 30.6 Å². The van der Waals surface area contributed by atoms with Crippen LogP contribution >= 0.6 is 0 Å². The molecular weight excluding hydrogens is 1000 g/mol. The first-order valence-corrected chi connectivity index (χ1v) is 22.7. The van der Waals surface area contributed by atoms with Crippen LogP contribution in [0.25, 0.3) is 44.5 Å². The van der Waals surface area contributed by atoms with E-state index in [0.29, 0.717) is 50.3 Å². The molecule has 4 N–H and O–H groups in total. The van der Waals surface area contributed by atoms with Crippen LogP contribution < -0.4 is 4.74 Å². The lowest BCUT2D eigenvalue weighted by molar-refractivity contribution is -0.138. The third kappa shape index (κ3) is 17.5. The Bertz CT molecular complexity index is 3180. The van der Waals surface area contributed by atoms with Crippen LogP contribution in [0, 0.1) is 36.0 Å². The molecule has 0 saturated carbocycles. The summed E-state index contributed by atoms with van der Waals surface area (Å²) in [7, 11) is 1.57. The second-order valence-electron chi connectivity index (χ2n) is 16.7. The van der Waals surface area contributed by atoms with Crippen molar-refractivity contribution < 1.29 is 79.5 Å². The SMILES string of the molecule is COc1ccc(-c2ccc(F)cc2CC(=O)O)cc1.Cc1ccc(-c2ccc(F)cc2CC(=O)O)cc1.O=C(O)Cc1cc(F)ccc1-c1ccc(C(F)(F)F)cc1.O=C(O)Cc1cc(F)ccc1-c1ccc(F)cc1. The van der Waals surface area contributed by atoms with Crippen molar-refractivity contribution in [3.8, 4) is 50.3 Å². The number of benzene rings is 8. The van der Waals surface area contributed by atoms with E-state index in [0.717, 1.165) is 46.5 Å². The van der Waals surface area contributed by atoms with Crippen LogP contribution in [0.4, 0.5) is 35.1 Å². The minimum Gasteiger partial charge on any atom is -0.497 e. The minimum atomic E-state index is -4.44. The Morgan fingerprint density at radius 2 is 0.632 bits per heavy atom. The fourth-order valence-electron chi connectivity index (χ4n) is 7.58. The van der Waals surface area contributed by atoms with Gasteiger partial charge in [-0.2, -0.15) is 13.2 Å². The molecule has 0 atom stereocenters. The van der Waals surface area contributed by atoms with E-state index in [4.69, 9.17) is 25.2 Å². The molecular formula is C59H46F8O9. The smallest absolute Gasteiger partial charge is 0.416 e. The van der Waals surface area contributed by atoms with Gasteiger partial charge in [-0.3, -0.25) is 19.2 Å². The Morgan fingerprint density at radius 3 is 0.895 bits per heavy atom. The minimum absolute atomic E-state index is 0.180. The lowest BCUT2D eigenvalue weighted by Crippen LogP contribution is -2.05. The van der Waals surface area contributed by atoms with E-state index in [1.165, 1.54) is 84.9 Å². The average molecular weight is 1050 g/mol. The quantitative estimate of drug-likeness (QED) is 0.0825. The van der Waals surface area contributed by atoms with Crippen molar-refractivity contribution in [2.75, 3.05) is 7.11 Å². The van der Waals surface area contributed by atoms with Crippen molar-refractivity contribution in [3.05, 3.63) is 232 Å². The molecule has 0 spiro atoms. The number of ether oxygens (including phenoxy) is 1. The highest BCUT2D eigenvalue weighted by atomic mass is 19.4. The Kier molecular flexibility index (Phi) is 20.3. The second-order valence-corrected chi connectivity index (χ2v) is 16.7. The molecule has 0 aromatic heterocycles. The lowest BCUT2D eigenvalue weighted by atomic mass is 9.96. The van der Waals surface area contributed by atoms with Gasteiger partial charge in [0.05, 0.1) is 38.4 Å². The summed E-state index contributed by atoms with van der Waals surface area (Å²) in [6.45, 7) is 1.98. The topological polar surface area (TPSA) is 158 Å². The molecule has 0 aliphatic heterocycles. The number of halogens is 8. The third-order valence-electron chi connectivity index (χ3n) is 11.1. The molecule has 0 fully saturated rings. The maximum absolute atomic E-state index is 13.2. The van der Waals surface area contributed by atoms with Gasteiger partial charge in [0.15, 0.2) is 0 Å². The summed E-state index contributed by atoms with van der Waals surface area (Å²) in [5.74, 6) is -5.73. The summed E-state index contributed by atoms with van der Waals surface area (Å²) in [4.78, 5) is 43.1. The molecule has 0 saturated heterocycles. The zero-order valence-corrected chi connectivity index (χ0v) is 40.3. The Labute approximate surface area is 430 Å². The Balaban J connectivity index is 0.000000187. The monoisotopic (exact) mass is 1050 g/mol. The summed E-state index contributed by atoms with van der Waals surface area (Å²) in [5, 5.41) is 35.3. The number of carboxylic acids is 4. The molecule has 17 heteroatoms. The maximum atomic E-state index is 13.2. The summed E-state index contributed by atoms with van der Waals surface area (Å²) < 4.78 is 108. The molecule has 8 rings (SSSR count). The van der Waals surface area contributed by atoms with Crippen molar-refractivity contribution in [2.24, 2.45) is 0 Å².